The van der Waals surface area contributed by atoms with Gasteiger partial charge in [-0.1, -0.05) is 60.1 Å². The van der Waals surface area contributed by atoms with Crippen LogP contribution in [0.3, 0.4) is 0 Å². The third kappa shape index (κ3) is 4.91. The molecule has 1 aliphatic heterocycles. The lowest BCUT2D eigenvalue weighted by Crippen LogP contribution is -2.47. The van der Waals surface area contributed by atoms with Gasteiger partial charge in [0, 0.05) is 42.6 Å². The minimum Gasteiger partial charge on any atom is -0.297 e. The van der Waals surface area contributed by atoms with Crippen LogP contribution < -0.4 is 0 Å². The van der Waals surface area contributed by atoms with Crippen molar-refractivity contribution in [1.82, 2.24) is 30.0 Å². The number of halogens is 1. The van der Waals surface area contributed by atoms with Crippen molar-refractivity contribution in [1.29, 1.82) is 0 Å². The fourth-order valence-corrected chi connectivity index (χ4v) is 5.07. The number of tetrazole rings is 1. The molecule has 32 heavy (non-hydrogen) atoms. The number of nitrogens with zero attached hydrogens (tertiary/aromatic N) is 6. The second-order valence-electron chi connectivity index (χ2n) is 8.03. The van der Waals surface area contributed by atoms with Crippen LogP contribution in [0.15, 0.2) is 72.1 Å². The molecule has 0 aliphatic carbocycles. The third-order valence-corrected chi connectivity index (χ3v) is 7.01. The predicted molar refractivity (Wildman–Crippen MR) is 128 cm³/mol. The minimum absolute atomic E-state index is 0.0129. The summed E-state index contributed by atoms with van der Waals surface area (Å²) in [6.45, 7) is 5.57. The van der Waals surface area contributed by atoms with Crippen molar-refractivity contribution >= 4 is 22.9 Å². The van der Waals surface area contributed by atoms with Gasteiger partial charge in [0.05, 0.1) is 12.6 Å². The number of rotatable bonds is 7. The molecule has 0 saturated carbocycles. The Kier molecular flexibility index (Phi) is 6.59. The Hall–Kier alpha value is -2.58. The van der Waals surface area contributed by atoms with Gasteiger partial charge in [0.2, 0.25) is 0 Å². The molecule has 8 heteroatoms. The number of thiophene rings is 1. The number of hydrogen-bond acceptors (Lipinski definition) is 6. The number of hydrogen-bond donors (Lipinski definition) is 0. The van der Waals surface area contributed by atoms with E-state index in [1.54, 1.807) is 11.3 Å². The molecular formula is C24H25ClN6S. The fourth-order valence-electron chi connectivity index (χ4n) is 4.26. The molecule has 0 unspecified atom stereocenters. The highest BCUT2D eigenvalue weighted by atomic mass is 35.5. The summed E-state index contributed by atoms with van der Waals surface area (Å²) in [5, 5.41) is 15.7. The maximum Gasteiger partial charge on any atom is 0.173 e. The van der Waals surface area contributed by atoms with E-state index in [0.717, 1.165) is 49.1 Å². The molecule has 0 radical (unpaired) electrons. The van der Waals surface area contributed by atoms with Gasteiger partial charge in [0.1, 0.15) is 0 Å². The Morgan fingerprint density at radius 1 is 0.875 bits per heavy atom. The molecule has 2 aromatic carbocycles. The summed E-state index contributed by atoms with van der Waals surface area (Å²) >= 11 is 7.91. The van der Waals surface area contributed by atoms with Crippen LogP contribution in [0, 0.1) is 0 Å². The van der Waals surface area contributed by atoms with Crippen LogP contribution in [0.1, 0.15) is 27.9 Å². The summed E-state index contributed by atoms with van der Waals surface area (Å²) in [6.07, 6.45) is 0. The van der Waals surface area contributed by atoms with Crippen LogP contribution in [0.5, 0.6) is 0 Å². The molecule has 2 aromatic heterocycles. The van der Waals surface area contributed by atoms with Crippen LogP contribution in [0.2, 0.25) is 5.02 Å². The van der Waals surface area contributed by atoms with Crippen LogP contribution in [0.25, 0.3) is 0 Å². The molecule has 4 aromatic rings. The van der Waals surface area contributed by atoms with Crippen molar-refractivity contribution in [2.45, 2.75) is 19.1 Å². The zero-order chi connectivity index (χ0) is 21.8. The van der Waals surface area contributed by atoms with E-state index in [0.29, 0.717) is 6.54 Å². The van der Waals surface area contributed by atoms with Gasteiger partial charge >= 0.3 is 0 Å². The quantitative estimate of drug-likeness (QED) is 0.407. The van der Waals surface area contributed by atoms with Crippen LogP contribution >= 0.6 is 22.9 Å². The first kappa shape index (κ1) is 21.3. The zero-order valence-electron chi connectivity index (χ0n) is 17.7. The first-order valence-corrected chi connectivity index (χ1v) is 12.1. The van der Waals surface area contributed by atoms with E-state index in [2.05, 4.69) is 85.3 Å². The van der Waals surface area contributed by atoms with Gasteiger partial charge in [0.25, 0.3) is 0 Å². The molecule has 0 bridgehead atoms. The third-order valence-electron chi connectivity index (χ3n) is 5.90. The Labute approximate surface area is 197 Å². The summed E-state index contributed by atoms with van der Waals surface area (Å²) in [5.41, 5.74) is 2.52. The second-order valence-corrected chi connectivity index (χ2v) is 9.49. The number of piperazine rings is 1. The molecule has 0 spiro atoms. The summed E-state index contributed by atoms with van der Waals surface area (Å²) < 4.78 is 1.93. The lowest BCUT2D eigenvalue weighted by molar-refractivity contribution is 0.100. The summed E-state index contributed by atoms with van der Waals surface area (Å²) in [5.74, 6) is 0.872. The van der Waals surface area contributed by atoms with E-state index >= 15 is 0 Å². The average molecular weight is 465 g/mol. The minimum atomic E-state index is -0.0129. The Balaban J connectivity index is 1.37. The first-order valence-electron chi connectivity index (χ1n) is 10.8. The smallest absolute Gasteiger partial charge is 0.173 e. The molecule has 6 nitrogen and oxygen atoms in total. The monoisotopic (exact) mass is 464 g/mol. The molecule has 1 aliphatic rings. The first-order chi connectivity index (χ1) is 15.8. The highest BCUT2D eigenvalue weighted by Crippen LogP contribution is 2.30. The van der Waals surface area contributed by atoms with E-state index < -0.39 is 0 Å². The van der Waals surface area contributed by atoms with E-state index in [9.17, 15) is 0 Å². The molecular weight excluding hydrogens is 440 g/mol. The van der Waals surface area contributed by atoms with Gasteiger partial charge in [-0.3, -0.25) is 9.80 Å². The van der Waals surface area contributed by atoms with Gasteiger partial charge in [-0.2, -0.15) is 0 Å². The van der Waals surface area contributed by atoms with Crippen molar-refractivity contribution in [2.75, 3.05) is 26.2 Å². The van der Waals surface area contributed by atoms with Crippen molar-refractivity contribution < 1.29 is 0 Å². The molecule has 164 valence electrons. The van der Waals surface area contributed by atoms with Crippen LogP contribution in [-0.2, 0) is 13.1 Å². The maximum atomic E-state index is 6.18. The molecule has 3 heterocycles. The second kappa shape index (κ2) is 9.92. The SMILES string of the molecule is Clc1ccc([C@H](c2nnnn2Cc2cccs2)N2CCN(Cc3ccccc3)CC2)cc1. The van der Waals surface area contributed by atoms with E-state index in [1.165, 1.54) is 10.4 Å². The summed E-state index contributed by atoms with van der Waals surface area (Å²) in [7, 11) is 0. The van der Waals surface area contributed by atoms with Crippen molar-refractivity contribution in [3.05, 3.63) is 99.0 Å². The van der Waals surface area contributed by atoms with Gasteiger partial charge in [-0.15, -0.1) is 16.4 Å². The standard InChI is InChI=1S/C24H25ClN6S/c25-21-10-8-20(9-11-21)23(24-26-27-28-31(24)18-22-7-4-16-32-22)30-14-12-29(13-15-30)17-19-5-2-1-3-6-19/h1-11,16,23H,12-15,17-18H2/t23-/m1/s1. The van der Waals surface area contributed by atoms with Gasteiger partial charge in [-0.05, 0) is 45.1 Å². The number of benzene rings is 2. The fraction of sp³-hybridized carbons (Fsp3) is 0.292. The molecule has 1 saturated heterocycles. The Bertz CT molecular complexity index is 1110. The van der Waals surface area contributed by atoms with Crippen molar-refractivity contribution in [3.63, 3.8) is 0 Å². The van der Waals surface area contributed by atoms with Crippen molar-refractivity contribution in [3.8, 4) is 0 Å². The summed E-state index contributed by atoms with van der Waals surface area (Å²) in [6, 6.07) is 22.9. The maximum absolute atomic E-state index is 6.18. The average Bonchev–Trinajstić information content (AvgIpc) is 3.50. The van der Waals surface area contributed by atoms with Gasteiger partial charge in [-0.25, -0.2) is 4.68 Å². The predicted octanol–water partition coefficient (Wildman–Crippen LogP) is 4.34. The highest BCUT2D eigenvalue weighted by molar-refractivity contribution is 7.09. The molecule has 1 fully saturated rings. The van der Waals surface area contributed by atoms with E-state index in [1.807, 2.05) is 16.8 Å². The Morgan fingerprint density at radius 2 is 1.66 bits per heavy atom. The van der Waals surface area contributed by atoms with Crippen LogP contribution in [-0.4, -0.2) is 56.2 Å². The lowest BCUT2D eigenvalue weighted by atomic mass is 10.0. The largest absolute Gasteiger partial charge is 0.297 e. The van der Waals surface area contributed by atoms with E-state index in [-0.39, 0.29) is 6.04 Å². The van der Waals surface area contributed by atoms with Crippen LogP contribution in [0.4, 0.5) is 0 Å². The van der Waals surface area contributed by atoms with Crippen molar-refractivity contribution in [2.24, 2.45) is 0 Å². The van der Waals surface area contributed by atoms with E-state index in [4.69, 9.17) is 11.6 Å². The highest BCUT2D eigenvalue weighted by Gasteiger charge is 2.30. The topological polar surface area (TPSA) is 50.1 Å². The van der Waals surface area contributed by atoms with Gasteiger partial charge < -0.3 is 0 Å². The normalized spacial score (nSPS) is 16.3. The zero-order valence-corrected chi connectivity index (χ0v) is 19.3. The molecule has 5 rings (SSSR count). The lowest BCUT2D eigenvalue weighted by Gasteiger charge is -2.39. The summed E-state index contributed by atoms with van der Waals surface area (Å²) in [4.78, 5) is 6.24. The molecule has 0 amide bonds. The van der Waals surface area contributed by atoms with Gasteiger partial charge in [0.15, 0.2) is 5.82 Å². The molecule has 1 atom stereocenters. The Morgan fingerprint density at radius 3 is 2.38 bits per heavy atom. The number of aromatic nitrogens is 4. The molecule has 0 N–H and O–H groups in total.